The Balaban J connectivity index is 2.00. The number of fused-ring (bicyclic) bond motifs is 1. The second-order valence-corrected chi connectivity index (χ2v) is 10.7. The van der Waals surface area contributed by atoms with E-state index < -0.39 is 15.9 Å². The van der Waals surface area contributed by atoms with Crippen molar-refractivity contribution < 1.29 is 17.9 Å². The van der Waals surface area contributed by atoms with Crippen molar-refractivity contribution in [3.8, 4) is 0 Å². The predicted molar refractivity (Wildman–Crippen MR) is 137 cm³/mol. The van der Waals surface area contributed by atoms with Crippen LogP contribution in [0, 0.1) is 6.92 Å². The number of rotatable bonds is 10. The van der Waals surface area contributed by atoms with Gasteiger partial charge in [-0.1, -0.05) is 35.1 Å². The van der Waals surface area contributed by atoms with Crippen LogP contribution in [0.5, 0.6) is 0 Å². The fourth-order valence-corrected chi connectivity index (χ4v) is 6.07. The first-order valence-corrected chi connectivity index (χ1v) is 13.1. The summed E-state index contributed by atoms with van der Waals surface area (Å²) >= 11 is 7.70. The van der Waals surface area contributed by atoms with Crippen LogP contribution >= 0.6 is 22.9 Å². The zero-order chi connectivity index (χ0) is 24.9. The molecule has 0 aliphatic rings. The Labute approximate surface area is 208 Å². The topological polar surface area (TPSA) is 81.0 Å². The molecule has 1 heterocycles. The number of hydrogen-bond donors (Lipinski definition) is 0. The third kappa shape index (κ3) is 5.39. The van der Waals surface area contributed by atoms with Gasteiger partial charge in [-0.05, 0) is 48.9 Å². The highest BCUT2D eigenvalue weighted by atomic mass is 35.5. The molecule has 34 heavy (non-hydrogen) atoms. The summed E-state index contributed by atoms with van der Waals surface area (Å²) < 4.78 is 35.1. The molecule has 0 saturated heterocycles. The Morgan fingerprint density at radius 3 is 2.41 bits per heavy atom. The van der Waals surface area contributed by atoms with Crippen LogP contribution in [0.15, 0.2) is 71.6 Å². The van der Waals surface area contributed by atoms with Gasteiger partial charge in [-0.3, -0.25) is 4.79 Å². The minimum atomic E-state index is -3.75. The molecule has 10 heteroatoms. The van der Waals surface area contributed by atoms with Crippen molar-refractivity contribution in [2.24, 2.45) is 4.99 Å². The van der Waals surface area contributed by atoms with Gasteiger partial charge in [0.25, 0.3) is 5.91 Å². The van der Waals surface area contributed by atoms with Crippen molar-refractivity contribution in [3.63, 3.8) is 0 Å². The number of ether oxygens (including phenoxy) is 1. The van der Waals surface area contributed by atoms with Crippen LogP contribution < -0.4 is 4.80 Å². The lowest BCUT2D eigenvalue weighted by atomic mass is 10.2. The van der Waals surface area contributed by atoms with E-state index in [2.05, 4.69) is 18.2 Å². The SMILES string of the molecule is C=CCN(CC=C)S(=O)(=O)c1ccc(C(=O)N=c2sc3ccc(Cl)c(C)c3n2CCOC)cc1. The predicted octanol–water partition coefficient (Wildman–Crippen LogP) is 4.41. The van der Waals surface area contributed by atoms with E-state index in [-0.39, 0.29) is 23.5 Å². The van der Waals surface area contributed by atoms with Crippen LogP contribution in [-0.4, -0.2) is 50.0 Å². The molecule has 7 nitrogen and oxygen atoms in total. The zero-order valence-electron chi connectivity index (χ0n) is 19.0. The minimum Gasteiger partial charge on any atom is -0.383 e. The fourth-order valence-electron chi connectivity index (χ4n) is 3.42. The quantitative estimate of drug-likeness (QED) is 0.371. The maximum Gasteiger partial charge on any atom is 0.279 e. The van der Waals surface area contributed by atoms with Crippen molar-refractivity contribution in [2.75, 3.05) is 26.8 Å². The third-order valence-corrected chi connectivity index (χ3v) is 8.45. The van der Waals surface area contributed by atoms with Gasteiger partial charge in [0, 0.05) is 37.3 Å². The zero-order valence-corrected chi connectivity index (χ0v) is 21.4. The van der Waals surface area contributed by atoms with Crippen molar-refractivity contribution in [1.82, 2.24) is 8.87 Å². The molecule has 0 bridgehead atoms. The number of thiazole rings is 1. The van der Waals surface area contributed by atoms with Crippen LogP contribution in [0.3, 0.4) is 0 Å². The van der Waals surface area contributed by atoms with E-state index in [1.54, 1.807) is 7.11 Å². The van der Waals surface area contributed by atoms with Crippen molar-refractivity contribution in [3.05, 3.63) is 82.7 Å². The summed E-state index contributed by atoms with van der Waals surface area (Å²) in [7, 11) is -2.14. The Kier molecular flexibility index (Phi) is 8.62. The van der Waals surface area contributed by atoms with E-state index in [9.17, 15) is 13.2 Å². The number of aromatic nitrogens is 1. The molecule has 0 radical (unpaired) electrons. The normalized spacial score (nSPS) is 12.4. The lowest BCUT2D eigenvalue weighted by Gasteiger charge is -2.19. The van der Waals surface area contributed by atoms with Crippen LogP contribution in [0.1, 0.15) is 15.9 Å². The first-order valence-electron chi connectivity index (χ1n) is 10.4. The van der Waals surface area contributed by atoms with E-state index in [1.807, 2.05) is 23.6 Å². The highest BCUT2D eigenvalue weighted by Gasteiger charge is 2.22. The molecule has 2 aromatic carbocycles. The number of amides is 1. The molecule has 0 spiro atoms. The summed E-state index contributed by atoms with van der Waals surface area (Å²) in [6.07, 6.45) is 3.02. The van der Waals surface area contributed by atoms with E-state index in [4.69, 9.17) is 16.3 Å². The maximum absolute atomic E-state index is 13.0. The molecule has 3 aromatic rings. The van der Waals surface area contributed by atoms with Gasteiger partial charge >= 0.3 is 0 Å². The number of nitrogens with zero attached hydrogens (tertiary/aromatic N) is 3. The lowest BCUT2D eigenvalue weighted by molar-refractivity contribution is 0.0997. The summed E-state index contributed by atoms with van der Waals surface area (Å²) in [6, 6.07) is 9.47. The number of carbonyl (C=O) groups is 1. The van der Waals surface area contributed by atoms with Gasteiger partial charge in [0.1, 0.15) is 0 Å². The number of sulfonamides is 1. The number of benzene rings is 2. The molecule has 180 valence electrons. The van der Waals surface area contributed by atoms with Crippen molar-refractivity contribution in [1.29, 1.82) is 0 Å². The van der Waals surface area contributed by atoms with Gasteiger partial charge < -0.3 is 9.30 Å². The first-order chi connectivity index (χ1) is 16.2. The largest absolute Gasteiger partial charge is 0.383 e. The van der Waals surface area contributed by atoms with Crippen LogP contribution in [0.4, 0.5) is 0 Å². The van der Waals surface area contributed by atoms with Gasteiger partial charge in [0.15, 0.2) is 4.80 Å². The van der Waals surface area contributed by atoms with E-state index >= 15 is 0 Å². The molecule has 0 N–H and O–H groups in total. The lowest BCUT2D eigenvalue weighted by Crippen LogP contribution is -2.31. The molecule has 0 unspecified atom stereocenters. The van der Waals surface area contributed by atoms with Gasteiger partial charge in [-0.2, -0.15) is 9.30 Å². The molecule has 0 aliphatic carbocycles. The number of aryl methyl sites for hydroxylation is 1. The standard InChI is InChI=1S/C24H26ClN3O4S2/c1-5-13-27(14-6-2)34(30,31)19-9-7-18(8-10-19)23(29)26-24-28(15-16-32-4)22-17(3)20(25)11-12-21(22)33-24/h5-12H,1-2,13-16H2,3-4H3. The first kappa shape index (κ1) is 26.1. The fraction of sp³-hybridized carbons (Fsp3) is 0.250. The molecular weight excluding hydrogens is 494 g/mol. The van der Waals surface area contributed by atoms with Crippen molar-refractivity contribution >= 4 is 49.1 Å². The third-order valence-electron chi connectivity index (χ3n) is 5.15. The summed E-state index contributed by atoms with van der Waals surface area (Å²) in [5.41, 5.74) is 2.09. The summed E-state index contributed by atoms with van der Waals surface area (Å²) in [5, 5.41) is 0.632. The average molecular weight is 520 g/mol. The smallest absolute Gasteiger partial charge is 0.279 e. The number of carbonyl (C=O) groups excluding carboxylic acids is 1. The van der Waals surface area contributed by atoms with Crippen LogP contribution in [0.25, 0.3) is 10.2 Å². The number of methoxy groups -OCH3 is 1. The van der Waals surface area contributed by atoms with E-state index in [0.717, 1.165) is 15.8 Å². The van der Waals surface area contributed by atoms with E-state index in [1.165, 1.54) is 52.1 Å². The molecule has 0 saturated carbocycles. The van der Waals surface area contributed by atoms with Gasteiger partial charge in [0.2, 0.25) is 10.0 Å². The Morgan fingerprint density at radius 1 is 1.18 bits per heavy atom. The number of halogens is 1. The number of hydrogen-bond acceptors (Lipinski definition) is 5. The van der Waals surface area contributed by atoms with Gasteiger partial charge in [-0.25, -0.2) is 8.42 Å². The molecule has 0 fully saturated rings. The molecule has 1 amide bonds. The van der Waals surface area contributed by atoms with Gasteiger partial charge in [-0.15, -0.1) is 13.2 Å². The maximum atomic E-state index is 13.0. The Morgan fingerprint density at radius 2 is 1.82 bits per heavy atom. The summed E-state index contributed by atoms with van der Waals surface area (Å²) in [4.78, 5) is 17.9. The second-order valence-electron chi connectivity index (χ2n) is 7.39. The summed E-state index contributed by atoms with van der Waals surface area (Å²) in [5.74, 6) is -0.473. The highest BCUT2D eigenvalue weighted by Crippen LogP contribution is 2.27. The van der Waals surface area contributed by atoms with Crippen LogP contribution in [0.2, 0.25) is 5.02 Å². The van der Waals surface area contributed by atoms with Gasteiger partial charge in [0.05, 0.1) is 21.7 Å². The van der Waals surface area contributed by atoms with Crippen LogP contribution in [-0.2, 0) is 21.3 Å². The Bertz CT molecular complexity index is 1380. The highest BCUT2D eigenvalue weighted by molar-refractivity contribution is 7.89. The molecule has 3 rings (SSSR count). The molecule has 0 atom stereocenters. The van der Waals surface area contributed by atoms with Crippen molar-refractivity contribution in [2.45, 2.75) is 18.4 Å². The van der Waals surface area contributed by atoms with E-state index in [0.29, 0.717) is 23.0 Å². The Hall–Kier alpha value is -2.56. The molecule has 0 aliphatic heterocycles. The monoisotopic (exact) mass is 519 g/mol. The second kappa shape index (κ2) is 11.2. The summed E-state index contributed by atoms with van der Waals surface area (Å²) in [6.45, 7) is 10.4. The molecule has 1 aromatic heterocycles. The molecular formula is C24H26ClN3O4S2. The minimum absolute atomic E-state index is 0.0787. The average Bonchev–Trinajstić information content (AvgIpc) is 3.17.